The minimum absolute atomic E-state index is 0.0133. The average molecular weight is 575 g/mol. The summed E-state index contributed by atoms with van der Waals surface area (Å²) in [6, 6.07) is 24.0. The van der Waals surface area contributed by atoms with Crippen LogP contribution in [0.15, 0.2) is 94.8 Å². The Bertz CT molecular complexity index is 1760. The van der Waals surface area contributed by atoms with Gasteiger partial charge in [-0.2, -0.15) is 18.2 Å². The van der Waals surface area contributed by atoms with Crippen LogP contribution in [0.5, 0.6) is 0 Å². The third-order valence-corrected chi connectivity index (χ3v) is 6.30. The van der Waals surface area contributed by atoms with Gasteiger partial charge >= 0.3 is 6.18 Å². The van der Waals surface area contributed by atoms with Gasteiger partial charge in [0.15, 0.2) is 5.69 Å². The molecule has 41 heavy (non-hydrogen) atoms. The van der Waals surface area contributed by atoms with E-state index in [1.54, 1.807) is 5.38 Å². The van der Waals surface area contributed by atoms with Gasteiger partial charge in [-0.15, -0.1) is 5.10 Å². The smallest absolute Gasteiger partial charge is 0.332 e. The molecule has 0 radical (unpaired) electrons. The van der Waals surface area contributed by atoms with Crippen LogP contribution in [-0.4, -0.2) is 30.6 Å². The maximum Gasteiger partial charge on any atom is 0.416 e. The van der Waals surface area contributed by atoms with Gasteiger partial charge in [-0.1, -0.05) is 58.2 Å². The molecular weight excluding hydrogens is 553 g/mol. The topological polar surface area (TPSA) is 107 Å². The molecule has 0 unspecified atom stereocenters. The molecule has 0 spiro atoms. The van der Waals surface area contributed by atoms with E-state index in [-0.39, 0.29) is 17.6 Å². The number of pyridine rings is 1. The van der Waals surface area contributed by atoms with E-state index in [9.17, 15) is 18.0 Å². The Morgan fingerprint density at radius 1 is 0.951 bits per heavy atom. The average Bonchev–Trinajstić information content (AvgIpc) is 3.67. The second-order valence-corrected chi connectivity index (χ2v) is 9.47. The number of carbonyl (C=O) groups is 1. The van der Waals surface area contributed by atoms with E-state index in [2.05, 4.69) is 30.0 Å². The summed E-state index contributed by atoms with van der Waals surface area (Å²) in [5, 5.41) is 13.1. The summed E-state index contributed by atoms with van der Waals surface area (Å²) in [6.45, 7) is 1.97. The standard InChI is InChI=1S/C18H16N2O.C11H5F3N4OS/c1-13-7-8-15-12-16(9-10-17(15)19-13)20-18(21)11-14-5-3-2-4-6-14;12-11(13,14)7-3-1-6(2-4-7)9-15-10(19-17-9)8-5-20-18-16-8/h2-10,12H,11H2,1H3,(H,20,21);1-5H. The first-order valence-corrected chi connectivity index (χ1v) is 13.1. The number of anilines is 1. The van der Waals surface area contributed by atoms with Gasteiger partial charge in [0.05, 0.1) is 17.5 Å². The Morgan fingerprint density at radius 2 is 1.73 bits per heavy atom. The second kappa shape index (κ2) is 12.0. The molecule has 8 nitrogen and oxygen atoms in total. The third kappa shape index (κ3) is 7.17. The van der Waals surface area contributed by atoms with Gasteiger partial charge in [0.25, 0.3) is 5.89 Å². The molecule has 12 heteroatoms. The van der Waals surface area contributed by atoms with Crippen LogP contribution in [-0.2, 0) is 17.4 Å². The van der Waals surface area contributed by atoms with Crippen molar-refractivity contribution in [2.45, 2.75) is 19.5 Å². The van der Waals surface area contributed by atoms with Crippen molar-refractivity contribution in [3.8, 4) is 23.0 Å². The van der Waals surface area contributed by atoms with Crippen molar-refractivity contribution in [1.29, 1.82) is 0 Å². The summed E-state index contributed by atoms with van der Waals surface area (Å²) < 4.78 is 46.0. The SMILES string of the molecule is Cc1ccc2cc(NC(=O)Cc3ccccc3)ccc2n1.FC(F)(F)c1ccc(-c2noc(-c3csnn3)n2)cc1. The predicted octanol–water partition coefficient (Wildman–Crippen LogP) is 7.00. The molecule has 0 bridgehead atoms. The van der Waals surface area contributed by atoms with Gasteiger partial charge in [0.2, 0.25) is 11.7 Å². The third-order valence-electron chi connectivity index (χ3n) is 5.80. The summed E-state index contributed by atoms with van der Waals surface area (Å²) in [5.74, 6) is 0.357. The van der Waals surface area contributed by atoms with Crippen molar-refractivity contribution in [3.05, 3.63) is 107 Å². The molecule has 3 aromatic heterocycles. The first kappa shape index (κ1) is 27.6. The summed E-state index contributed by atoms with van der Waals surface area (Å²) >= 11 is 1.13. The highest BCUT2D eigenvalue weighted by atomic mass is 32.1. The second-order valence-electron chi connectivity index (χ2n) is 8.86. The lowest BCUT2D eigenvalue weighted by atomic mass is 10.1. The quantitative estimate of drug-likeness (QED) is 0.236. The Kier molecular flexibility index (Phi) is 8.11. The monoisotopic (exact) mass is 574 g/mol. The van der Waals surface area contributed by atoms with E-state index in [0.717, 1.165) is 51.5 Å². The van der Waals surface area contributed by atoms with Crippen LogP contribution in [0.1, 0.15) is 16.8 Å². The Morgan fingerprint density at radius 3 is 2.44 bits per heavy atom. The molecule has 206 valence electrons. The van der Waals surface area contributed by atoms with E-state index in [1.807, 2.05) is 67.6 Å². The van der Waals surface area contributed by atoms with Gasteiger partial charge in [0, 0.05) is 27.7 Å². The minimum Gasteiger partial charge on any atom is -0.332 e. The molecule has 3 heterocycles. The van der Waals surface area contributed by atoms with Gasteiger partial charge in [-0.3, -0.25) is 9.78 Å². The molecule has 0 aliphatic heterocycles. The Labute approximate surface area is 236 Å². The summed E-state index contributed by atoms with van der Waals surface area (Å²) in [7, 11) is 0. The van der Waals surface area contributed by atoms with Gasteiger partial charge in [0.1, 0.15) is 0 Å². The summed E-state index contributed by atoms with van der Waals surface area (Å²) in [6.07, 6.45) is -3.99. The number of rotatable bonds is 5. The molecule has 3 aromatic carbocycles. The maximum absolute atomic E-state index is 12.4. The predicted molar refractivity (Wildman–Crippen MR) is 149 cm³/mol. The number of halogens is 3. The molecule has 6 aromatic rings. The van der Waals surface area contributed by atoms with Crippen molar-refractivity contribution < 1.29 is 22.5 Å². The number of benzene rings is 3. The number of aryl methyl sites for hydroxylation is 1. The molecule has 0 saturated heterocycles. The fraction of sp³-hybridized carbons (Fsp3) is 0.103. The van der Waals surface area contributed by atoms with Crippen LogP contribution in [0.25, 0.3) is 33.9 Å². The lowest BCUT2D eigenvalue weighted by Gasteiger charge is -2.07. The molecule has 1 N–H and O–H groups in total. The van der Waals surface area contributed by atoms with Gasteiger partial charge < -0.3 is 9.84 Å². The first-order valence-electron chi connectivity index (χ1n) is 12.2. The molecule has 1 amide bonds. The summed E-state index contributed by atoms with van der Waals surface area (Å²) in [4.78, 5) is 20.6. The van der Waals surface area contributed by atoms with Crippen LogP contribution in [0.4, 0.5) is 18.9 Å². The number of hydrogen-bond acceptors (Lipinski definition) is 8. The van der Waals surface area contributed by atoms with Gasteiger partial charge in [-0.05, 0) is 60.4 Å². The highest BCUT2D eigenvalue weighted by Crippen LogP contribution is 2.30. The van der Waals surface area contributed by atoms with Crippen molar-refractivity contribution in [2.75, 3.05) is 5.32 Å². The fourth-order valence-corrected chi connectivity index (χ4v) is 4.23. The van der Waals surface area contributed by atoms with E-state index in [0.29, 0.717) is 17.7 Å². The zero-order valence-electron chi connectivity index (χ0n) is 21.5. The zero-order chi connectivity index (χ0) is 28.8. The largest absolute Gasteiger partial charge is 0.416 e. The van der Waals surface area contributed by atoms with Crippen molar-refractivity contribution >= 4 is 34.0 Å². The number of nitrogens with zero attached hydrogens (tertiary/aromatic N) is 5. The molecule has 0 aliphatic rings. The number of fused-ring (bicyclic) bond motifs is 1. The number of carbonyl (C=O) groups excluding carboxylic acids is 1. The Hall–Kier alpha value is -4.97. The minimum atomic E-state index is -4.37. The molecule has 0 saturated carbocycles. The first-order chi connectivity index (χ1) is 19.7. The zero-order valence-corrected chi connectivity index (χ0v) is 22.3. The number of amides is 1. The maximum atomic E-state index is 12.4. The number of alkyl halides is 3. The number of aromatic nitrogens is 5. The van der Waals surface area contributed by atoms with E-state index < -0.39 is 11.7 Å². The highest BCUT2D eigenvalue weighted by molar-refractivity contribution is 7.03. The van der Waals surface area contributed by atoms with Crippen LogP contribution >= 0.6 is 11.5 Å². The Balaban J connectivity index is 0.000000165. The van der Waals surface area contributed by atoms with Crippen molar-refractivity contribution in [1.82, 2.24) is 24.7 Å². The molecule has 0 fully saturated rings. The number of nitrogens with one attached hydrogen (secondary N) is 1. The summed E-state index contributed by atoms with van der Waals surface area (Å²) in [5.41, 5.74) is 3.87. The van der Waals surface area contributed by atoms with Crippen LogP contribution in [0, 0.1) is 6.92 Å². The molecule has 6 rings (SSSR count). The van der Waals surface area contributed by atoms with E-state index in [4.69, 9.17) is 4.52 Å². The lowest BCUT2D eigenvalue weighted by molar-refractivity contribution is -0.137. The van der Waals surface area contributed by atoms with E-state index >= 15 is 0 Å². The van der Waals surface area contributed by atoms with Gasteiger partial charge in [-0.25, -0.2) is 0 Å². The molecular formula is C29H21F3N6O2S. The normalized spacial score (nSPS) is 11.1. The molecule has 0 atom stereocenters. The van der Waals surface area contributed by atoms with Crippen LogP contribution in [0.2, 0.25) is 0 Å². The van der Waals surface area contributed by atoms with Crippen molar-refractivity contribution in [2.24, 2.45) is 0 Å². The highest BCUT2D eigenvalue weighted by Gasteiger charge is 2.30. The van der Waals surface area contributed by atoms with Crippen molar-refractivity contribution in [3.63, 3.8) is 0 Å². The number of hydrogen-bond donors (Lipinski definition) is 1. The fourth-order valence-electron chi connectivity index (χ4n) is 3.80. The van der Waals surface area contributed by atoms with E-state index in [1.165, 1.54) is 12.1 Å². The van der Waals surface area contributed by atoms with Crippen LogP contribution < -0.4 is 5.32 Å². The van der Waals surface area contributed by atoms with Crippen LogP contribution in [0.3, 0.4) is 0 Å². The molecule has 0 aliphatic carbocycles. The lowest BCUT2D eigenvalue weighted by Crippen LogP contribution is -2.14.